The van der Waals surface area contributed by atoms with Crippen LogP contribution in [0.25, 0.3) is 0 Å². The van der Waals surface area contributed by atoms with E-state index < -0.39 is 30.0 Å². The van der Waals surface area contributed by atoms with Crippen LogP contribution >= 0.6 is 0 Å². The van der Waals surface area contributed by atoms with Gasteiger partial charge in [-0.25, -0.2) is 4.79 Å². The van der Waals surface area contributed by atoms with Crippen molar-refractivity contribution < 1.29 is 29.7 Å². The summed E-state index contributed by atoms with van der Waals surface area (Å²) in [5, 5.41) is 26.8. The fourth-order valence-corrected chi connectivity index (χ4v) is 1.04. The van der Waals surface area contributed by atoms with E-state index in [9.17, 15) is 19.6 Å². The topological polar surface area (TPSA) is 115 Å². The summed E-state index contributed by atoms with van der Waals surface area (Å²) in [4.78, 5) is 32.9. The van der Waals surface area contributed by atoms with Crippen LogP contribution in [0.2, 0.25) is 0 Å². The second-order valence-electron chi connectivity index (χ2n) is 4.49. The quantitative estimate of drug-likeness (QED) is 0.525. The number of nitroso groups, excluding NO2 is 1. The molecule has 7 heteroatoms. The molecule has 0 aliphatic rings. The number of amides is 1. The normalized spacial score (nSPS) is 13.2. The molecule has 0 heterocycles. The van der Waals surface area contributed by atoms with Crippen molar-refractivity contribution in [2.75, 3.05) is 13.2 Å². The van der Waals surface area contributed by atoms with Crippen LogP contribution in [0, 0.1) is 10.3 Å². The first kappa shape index (κ1) is 15.7. The summed E-state index contributed by atoms with van der Waals surface area (Å²) in [6, 6.07) is 0. The minimum absolute atomic E-state index is 0.0246. The molecule has 98 valence electrons. The van der Waals surface area contributed by atoms with Crippen LogP contribution in [0.15, 0.2) is 0 Å². The van der Waals surface area contributed by atoms with Crippen LogP contribution in [-0.4, -0.2) is 51.2 Å². The van der Waals surface area contributed by atoms with E-state index in [2.05, 4.69) is 0 Å². The van der Waals surface area contributed by atoms with E-state index in [-0.39, 0.29) is 24.1 Å². The molecule has 17 heavy (non-hydrogen) atoms. The molecule has 0 fully saturated rings. The van der Waals surface area contributed by atoms with E-state index in [1.807, 2.05) is 0 Å². The number of carbonyl (C=O) groups is 2. The average Bonchev–Trinajstić information content (AvgIpc) is 2.26. The highest BCUT2D eigenvalue weighted by atomic mass is 16.4. The highest BCUT2D eigenvalue weighted by molar-refractivity contribution is 5.73. The number of aliphatic hydroxyl groups is 2. The molecule has 0 aliphatic carbocycles. The summed E-state index contributed by atoms with van der Waals surface area (Å²) >= 11 is 0. The lowest BCUT2D eigenvalue weighted by Crippen LogP contribution is -2.43. The predicted octanol–water partition coefficient (Wildman–Crippen LogP) is -0.464. The minimum atomic E-state index is -1.60. The third-order valence-electron chi connectivity index (χ3n) is 2.38. The van der Waals surface area contributed by atoms with Crippen LogP contribution in [0.3, 0.4) is 0 Å². The van der Waals surface area contributed by atoms with Crippen LogP contribution in [0.5, 0.6) is 0 Å². The van der Waals surface area contributed by atoms with Crippen molar-refractivity contribution >= 4 is 11.9 Å². The van der Waals surface area contributed by atoms with Gasteiger partial charge >= 0.3 is 11.9 Å². The third kappa shape index (κ3) is 5.01. The molecule has 0 spiro atoms. The first-order valence-corrected chi connectivity index (χ1v) is 5.21. The van der Waals surface area contributed by atoms with Crippen molar-refractivity contribution in [3.8, 4) is 0 Å². The van der Waals surface area contributed by atoms with E-state index >= 15 is 0 Å². The molecule has 0 bridgehead atoms. The van der Waals surface area contributed by atoms with Gasteiger partial charge in [-0.05, 0) is 0 Å². The van der Waals surface area contributed by atoms with Gasteiger partial charge in [-0.15, -0.1) is 0 Å². The molecule has 0 aliphatic heterocycles. The Morgan fingerprint density at radius 3 is 2.29 bits per heavy atom. The van der Waals surface area contributed by atoms with Crippen LogP contribution < -0.4 is 0 Å². The number of carboxylic acid groups (broad SMARTS) is 1. The zero-order valence-corrected chi connectivity index (χ0v) is 9.92. The van der Waals surface area contributed by atoms with E-state index in [0.29, 0.717) is 0 Å². The molecule has 7 nitrogen and oxygen atoms in total. The van der Waals surface area contributed by atoms with E-state index in [1.165, 1.54) is 13.8 Å². The Morgan fingerprint density at radius 2 is 1.88 bits per heavy atom. The monoisotopic (exact) mass is 248 g/mol. The zero-order valence-electron chi connectivity index (χ0n) is 9.92. The maximum atomic E-state index is 11.4. The Hall–Kier alpha value is -1.34. The van der Waals surface area contributed by atoms with Gasteiger partial charge in [0.05, 0.1) is 17.8 Å². The molecule has 0 aromatic carbocycles. The third-order valence-corrected chi connectivity index (χ3v) is 2.38. The van der Waals surface area contributed by atoms with E-state index in [4.69, 9.17) is 10.2 Å². The van der Waals surface area contributed by atoms with Gasteiger partial charge in [0, 0.05) is 16.7 Å². The lowest BCUT2D eigenvalue weighted by Gasteiger charge is -2.23. The lowest BCUT2D eigenvalue weighted by molar-refractivity contribution is -0.476. The molecule has 1 atom stereocenters. The van der Waals surface area contributed by atoms with Crippen molar-refractivity contribution in [3.05, 3.63) is 4.91 Å². The predicted molar refractivity (Wildman–Crippen MR) is 57.2 cm³/mol. The minimum Gasteiger partial charge on any atom is -0.481 e. The van der Waals surface area contributed by atoms with E-state index in [0.717, 1.165) is 0 Å². The number of nitrogens with zero attached hydrogens (tertiary/aromatic N) is 1. The van der Waals surface area contributed by atoms with E-state index in [1.54, 1.807) is 0 Å². The molecule has 1 unspecified atom stereocenters. The highest BCUT2D eigenvalue weighted by Gasteiger charge is 2.41. The fourth-order valence-electron chi connectivity index (χ4n) is 1.04. The summed E-state index contributed by atoms with van der Waals surface area (Å²) in [5.41, 5.74) is -1.10. The highest BCUT2D eigenvalue weighted by Crippen LogP contribution is 2.20. The van der Waals surface area contributed by atoms with Gasteiger partial charge in [-0.3, -0.25) is 4.79 Å². The van der Waals surface area contributed by atoms with Crippen molar-refractivity contribution in [1.29, 1.82) is 0 Å². The van der Waals surface area contributed by atoms with Gasteiger partial charge in [0.25, 0.3) is 0 Å². The Morgan fingerprint density at radius 1 is 1.35 bits per heavy atom. The molecule has 1 amide bonds. The Balaban J connectivity index is 4.31. The zero-order chi connectivity index (χ0) is 13.6. The standard InChI is InChI=1S/C10H17NO6/c1-10(2,6-12)8(15)9(16)11(17)5-3-4-7(13)14/h8,12,15H,3-6H2,1-2H3/p+1. The molecule has 0 aromatic heterocycles. The van der Waals surface area contributed by atoms with Gasteiger partial charge in [-0.2, -0.15) is 0 Å². The van der Waals surface area contributed by atoms with Crippen LogP contribution in [-0.2, 0) is 9.59 Å². The first-order valence-electron chi connectivity index (χ1n) is 5.21. The summed E-state index contributed by atoms with van der Waals surface area (Å²) < 4.78 is 0.0328. The van der Waals surface area contributed by atoms with Crippen molar-refractivity contribution in [3.63, 3.8) is 0 Å². The second-order valence-corrected chi connectivity index (χ2v) is 4.49. The number of aliphatic carboxylic acids is 1. The number of carboxylic acids is 1. The van der Waals surface area contributed by atoms with Gasteiger partial charge in [-0.1, -0.05) is 13.8 Å². The summed E-state index contributed by atoms with van der Waals surface area (Å²) in [5.74, 6) is -2.11. The molecule has 0 saturated carbocycles. The molecule has 3 N–H and O–H groups in total. The van der Waals surface area contributed by atoms with Gasteiger partial charge in [0.2, 0.25) is 6.54 Å². The molecule has 0 saturated heterocycles. The van der Waals surface area contributed by atoms with Crippen molar-refractivity contribution in [2.24, 2.45) is 5.41 Å². The second kappa shape index (κ2) is 6.41. The summed E-state index contributed by atoms with van der Waals surface area (Å²) in [6.45, 7) is 2.16. The lowest BCUT2D eigenvalue weighted by atomic mass is 9.87. The molecular weight excluding hydrogens is 230 g/mol. The maximum Gasteiger partial charge on any atom is 0.461 e. The average molecular weight is 248 g/mol. The Kier molecular flexibility index (Phi) is 5.90. The van der Waals surface area contributed by atoms with Gasteiger partial charge in [0.1, 0.15) is 0 Å². The smallest absolute Gasteiger partial charge is 0.461 e. The maximum absolute atomic E-state index is 11.4. The number of rotatable bonds is 7. The SMILES string of the molecule is CC(C)(CO)C(O)C(=O)[N+](=O)CCCC(=O)O. The number of hydrogen-bond acceptors (Lipinski definition) is 5. The Bertz CT molecular complexity index is 312. The van der Waals surface area contributed by atoms with Crippen molar-refractivity contribution in [1.82, 2.24) is 0 Å². The first-order chi connectivity index (χ1) is 7.72. The molecule has 0 rings (SSSR count). The van der Waals surface area contributed by atoms with Gasteiger partial charge < -0.3 is 15.3 Å². The molecule has 0 radical (unpaired) electrons. The van der Waals surface area contributed by atoms with Crippen LogP contribution in [0.1, 0.15) is 26.7 Å². The summed E-state index contributed by atoms with van der Waals surface area (Å²) in [6.07, 6.45) is -1.79. The van der Waals surface area contributed by atoms with Gasteiger partial charge in [0.15, 0.2) is 6.10 Å². The number of aliphatic hydroxyl groups excluding tert-OH is 2. The van der Waals surface area contributed by atoms with Crippen molar-refractivity contribution in [2.45, 2.75) is 32.8 Å². The largest absolute Gasteiger partial charge is 0.481 e. The summed E-state index contributed by atoms with van der Waals surface area (Å²) in [7, 11) is 0. The Labute approximate surface area is 98.6 Å². The van der Waals surface area contributed by atoms with Crippen LogP contribution in [0.4, 0.5) is 0 Å². The fraction of sp³-hybridized carbons (Fsp3) is 0.800. The number of hydrogen-bond donors (Lipinski definition) is 3. The molecule has 0 aromatic rings. The number of carbonyl (C=O) groups excluding carboxylic acids is 1. The molecular formula is C10H18NO6+.